The molecular weight excluding hydrogens is 376 g/mol. The number of amides is 3. The number of hydrogen-bond donors (Lipinski definition) is 3. The number of urea groups is 1. The van der Waals surface area contributed by atoms with Crippen LogP contribution in [0.2, 0.25) is 0 Å². The molecule has 0 atom stereocenters. The molecule has 6 nitrogen and oxygen atoms in total. The number of benzene rings is 2. The van der Waals surface area contributed by atoms with Gasteiger partial charge in [-0.1, -0.05) is 30.3 Å². The first kappa shape index (κ1) is 23.5. The summed E-state index contributed by atoms with van der Waals surface area (Å²) in [5, 5.41) is 5.50. The number of anilines is 1. The number of halogens is 1. The van der Waals surface area contributed by atoms with Gasteiger partial charge in [0.05, 0.1) is 0 Å². The Balaban J connectivity index is 0.00000392. The van der Waals surface area contributed by atoms with Crippen molar-refractivity contribution in [2.45, 2.75) is 26.3 Å². The van der Waals surface area contributed by atoms with Gasteiger partial charge in [0.25, 0.3) is 5.91 Å². The fraction of sp³-hybridized carbons (Fsp3) is 0.333. The molecule has 0 bridgehead atoms. The van der Waals surface area contributed by atoms with E-state index >= 15 is 0 Å². The minimum atomic E-state index is -0.267. The summed E-state index contributed by atoms with van der Waals surface area (Å²) in [7, 11) is 0. The summed E-state index contributed by atoms with van der Waals surface area (Å²) < 4.78 is 0. The Morgan fingerprint density at radius 2 is 1.64 bits per heavy atom. The molecule has 0 aliphatic heterocycles. The van der Waals surface area contributed by atoms with Crippen molar-refractivity contribution in [3.05, 3.63) is 65.7 Å². The highest BCUT2D eigenvalue weighted by Crippen LogP contribution is 2.12. The highest BCUT2D eigenvalue weighted by molar-refractivity contribution is 5.95. The molecule has 0 saturated carbocycles. The topological polar surface area (TPSA) is 87.5 Å². The zero-order chi connectivity index (χ0) is 19.6. The first-order valence-electron chi connectivity index (χ1n) is 9.20. The van der Waals surface area contributed by atoms with Gasteiger partial charge in [-0.3, -0.25) is 4.79 Å². The molecule has 2 aromatic carbocycles. The smallest absolute Gasteiger partial charge is 0.319 e. The Kier molecular flexibility index (Phi) is 10.1. The van der Waals surface area contributed by atoms with E-state index in [0.717, 1.165) is 6.42 Å². The van der Waals surface area contributed by atoms with Gasteiger partial charge in [0.15, 0.2) is 0 Å². The van der Waals surface area contributed by atoms with E-state index < -0.39 is 0 Å². The highest BCUT2D eigenvalue weighted by atomic mass is 35.5. The van der Waals surface area contributed by atoms with Gasteiger partial charge in [0, 0.05) is 36.9 Å². The standard InChI is InChI=1S/C21H28N4O2.ClH/c1-16(2)23-21(27)24-19-10-8-18(9-11-19)20(26)25(15-13-22)14-12-17-6-4-3-5-7-17;/h3-11,16H,12-15,22H2,1-2H3,(H2,23,24,27);1H. The van der Waals surface area contributed by atoms with Gasteiger partial charge in [-0.2, -0.15) is 0 Å². The van der Waals surface area contributed by atoms with Crippen molar-refractivity contribution in [3.63, 3.8) is 0 Å². The van der Waals surface area contributed by atoms with Gasteiger partial charge < -0.3 is 21.3 Å². The van der Waals surface area contributed by atoms with Gasteiger partial charge in [-0.15, -0.1) is 12.4 Å². The molecule has 2 rings (SSSR count). The van der Waals surface area contributed by atoms with E-state index in [0.29, 0.717) is 30.9 Å². The van der Waals surface area contributed by atoms with E-state index in [2.05, 4.69) is 10.6 Å². The number of carbonyl (C=O) groups is 2. The van der Waals surface area contributed by atoms with Crippen molar-refractivity contribution < 1.29 is 9.59 Å². The average Bonchev–Trinajstić information content (AvgIpc) is 2.65. The quantitative estimate of drug-likeness (QED) is 0.630. The predicted octanol–water partition coefficient (Wildman–Crippen LogP) is 3.28. The second-order valence-corrected chi connectivity index (χ2v) is 6.65. The first-order chi connectivity index (χ1) is 13.0. The Labute approximate surface area is 172 Å². The van der Waals surface area contributed by atoms with Crippen LogP contribution >= 0.6 is 12.4 Å². The van der Waals surface area contributed by atoms with Crippen LogP contribution in [-0.4, -0.2) is 42.5 Å². The molecule has 0 aliphatic carbocycles. The molecule has 0 unspecified atom stereocenters. The lowest BCUT2D eigenvalue weighted by Crippen LogP contribution is -2.37. The van der Waals surface area contributed by atoms with E-state index in [-0.39, 0.29) is 30.4 Å². The normalized spacial score (nSPS) is 10.1. The van der Waals surface area contributed by atoms with Crippen LogP contribution in [0.15, 0.2) is 54.6 Å². The van der Waals surface area contributed by atoms with Crippen LogP contribution in [0.4, 0.5) is 10.5 Å². The Morgan fingerprint density at radius 1 is 1.00 bits per heavy atom. The average molecular weight is 405 g/mol. The molecule has 0 radical (unpaired) electrons. The largest absolute Gasteiger partial charge is 0.337 e. The fourth-order valence-electron chi connectivity index (χ4n) is 2.69. The molecule has 3 amide bonds. The maximum atomic E-state index is 12.8. The number of carbonyl (C=O) groups excluding carboxylic acids is 2. The van der Waals surface area contributed by atoms with Crippen LogP contribution in [-0.2, 0) is 6.42 Å². The summed E-state index contributed by atoms with van der Waals surface area (Å²) in [5.74, 6) is -0.0606. The minimum Gasteiger partial charge on any atom is -0.337 e. The summed E-state index contributed by atoms with van der Waals surface area (Å²) >= 11 is 0. The third kappa shape index (κ3) is 7.58. The van der Waals surface area contributed by atoms with E-state index in [1.807, 2.05) is 44.2 Å². The maximum absolute atomic E-state index is 12.8. The molecule has 0 heterocycles. The number of nitrogens with zero attached hydrogens (tertiary/aromatic N) is 1. The summed E-state index contributed by atoms with van der Waals surface area (Å²) in [6.07, 6.45) is 0.779. The van der Waals surface area contributed by atoms with Crippen molar-refractivity contribution in [1.82, 2.24) is 10.2 Å². The summed E-state index contributed by atoms with van der Waals surface area (Å²) in [6, 6.07) is 16.7. The van der Waals surface area contributed by atoms with Gasteiger partial charge in [0.2, 0.25) is 0 Å². The SMILES string of the molecule is CC(C)NC(=O)Nc1ccc(C(=O)N(CCN)CCc2ccccc2)cc1.Cl. The van der Waals surface area contributed by atoms with Crippen molar-refractivity contribution in [2.24, 2.45) is 5.73 Å². The molecule has 152 valence electrons. The molecule has 0 fully saturated rings. The van der Waals surface area contributed by atoms with Crippen molar-refractivity contribution in [1.29, 1.82) is 0 Å². The number of rotatable bonds is 8. The first-order valence-corrected chi connectivity index (χ1v) is 9.20. The van der Waals surface area contributed by atoms with Crippen LogP contribution in [0.25, 0.3) is 0 Å². The Bertz CT molecular complexity index is 736. The van der Waals surface area contributed by atoms with Gasteiger partial charge in [-0.05, 0) is 50.1 Å². The fourth-order valence-corrected chi connectivity index (χ4v) is 2.69. The second-order valence-electron chi connectivity index (χ2n) is 6.65. The summed E-state index contributed by atoms with van der Waals surface area (Å²) in [6.45, 7) is 5.31. The molecule has 0 spiro atoms. The Hall–Kier alpha value is -2.57. The summed E-state index contributed by atoms with van der Waals surface area (Å²) in [5.41, 5.74) is 8.08. The molecule has 4 N–H and O–H groups in total. The molecule has 0 aliphatic rings. The van der Waals surface area contributed by atoms with E-state index in [1.54, 1.807) is 29.2 Å². The van der Waals surface area contributed by atoms with Crippen molar-refractivity contribution in [2.75, 3.05) is 25.0 Å². The molecule has 0 aromatic heterocycles. The lowest BCUT2D eigenvalue weighted by atomic mass is 10.1. The van der Waals surface area contributed by atoms with Crippen LogP contribution in [0.1, 0.15) is 29.8 Å². The molecule has 28 heavy (non-hydrogen) atoms. The number of hydrogen-bond acceptors (Lipinski definition) is 3. The van der Waals surface area contributed by atoms with E-state index in [1.165, 1.54) is 5.56 Å². The Morgan fingerprint density at radius 3 is 2.21 bits per heavy atom. The van der Waals surface area contributed by atoms with Crippen LogP contribution in [0.3, 0.4) is 0 Å². The van der Waals surface area contributed by atoms with Gasteiger partial charge in [0.1, 0.15) is 0 Å². The molecule has 7 heteroatoms. The lowest BCUT2D eigenvalue weighted by Gasteiger charge is -2.22. The minimum absolute atomic E-state index is 0. The van der Waals surface area contributed by atoms with Crippen LogP contribution in [0, 0.1) is 0 Å². The monoisotopic (exact) mass is 404 g/mol. The van der Waals surface area contributed by atoms with Gasteiger partial charge >= 0.3 is 6.03 Å². The lowest BCUT2D eigenvalue weighted by molar-refractivity contribution is 0.0762. The second kappa shape index (κ2) is 12.0. The highest BCUT2D eigenvalue weighted by Gasteiger charge is 2.15. The summed E-state index contributed by atoms with van der Waals surface area (Å²) in [4.78, 5) is 26.3. The van der Waals surface area contributed by atoms with E-state index in [4.69, 9.17) is 5.73 Å². The van der Waals surface area contributed by atoms with Crippen LogP contribution < -0.4 is 16.4 Å². The molecule has 0 saturated heterocycles. The third-order valence-corrected chi connectivity index (χ3v) is 4.01. The zero-order valence-corrected chi connectivity index (χ0v) is 17.2. The van der Waals surface area contributed by atoms with Crippen molar-refractivity contribution in [3.8, 4) is 0 Å². The molecular formula is C21H29ClN4O2. The van der Waals surface area contributed by atoms with E-state index in [9.17, 15) is 9.59 Å². The molecule has 2 aromatic rings. The predicted molar refractivity (Wildman–Crippen MR) is 116 cm³/mol. The zero-order valence-electron chi connectivity index (χ0n) is 16.4. The van der Waals surface area contributed by atoms with Crippen LogP contribution in [0.5, 0.6) is 0 Å². The van der Waals surface area contributed by atoms with Gasteiger partial charge in [-0.25, -0.2) is 4.79 Å². The maximum Gasteiger partial charge on any atom is 0.319 e. The van der Waals surface area contributed by atoms with Crippen molar-refractivity contribution >= 4 is 30.0 Å². The number of nitrogens with one attached hydrogen (secondary N) is 2. The number of nitrogens with two attached hydrogens (primary N) is 1. The third-order valence-electron chi connectivity index (χ3n) is 4.01.